The number of amides is 4. The summed E-state index contributed by atoms with van der Waals surface area (Å²) in [5.41, 5.74) is 4.01. The number of hydrogen-bond acceptors (Lipinski definition) is 10. The monoisotopic (exact) mass is 832 g/mol. The molecule has 6 heterocycles. The Labute approximate surface area is 348 Å². The molecule has 4 N–H and O–H groups in total. The molecule has 4 aromatic heterocycles. The maximum absolute atomic E-state index is 13.9. The van der Waals surface area contributed by atoms with Crippen molar-refractivity contribution in [2.75, 3.05) is 27.3 Å². The normalized spacial score (nSPS) is 17.5. The summed E-state index contributed by atoms with van der Waals surface area (Å²) in [6.45, 7) is 4.94. The summed E-state index contributed by atoms with van der Waals surface area (Å²) < 4.78 is 11.8. The van der Waals surface area contributed by atoms with Gasteiger partial charge in [0.05, 0.1) is 59.0 Å². The van der Waals surface area contributed by atoms with Crippen LogP contribution in [0.1, 0.15) is 85.3 Å². The van der Waals surface area contributed by atoms with Gasteiger partial charge in [0.25, 0.3) is 5.91 Å². The van der Waals surface area contributed by atoms with Crippen LogP contribution in [0.5, 0.6) is 0 Å². The summed E-state index contributed by atoms with van der Waals surface area (Å²) in [7, 11) is 2.57. The van der Waals surface area contributed by atoms with Gasteiger partial charge in [-0.05, 0) is 67.5 Å². The van der Waals surface area contributed by atoms with Crippen molar-refractivity contribution in [1.82, 2.24) is 40.4 Å². The van der Waals surface area contributed by atoms with Crippen LogP contribution in [0.4, 0.5) is 9.59 Å². The number of rotatable bonds is 9. The predicted octanol–water partition coefficient (Wildman–Crippen LogP) is 7.43. The number of likely N-dealkylation sites (tertiary alicyclic amines) is 2. The third-order valence-corrected chi connectivity index (χ3v) is 13.1. The second-order valence-electron chi connectivity index (χ2n) is 15.0. The van der Waals surface area contributed by atoms with Gasteiger partial charge in [-0.15, -0.1) is 22.7 Å². The number of H-pyrrole nitrogens is 2. The SMILES string of the molecule is COC(=O)N[C@H](C(=O)N1CCCC1c1ncc(-c2cc3sc(C#Cc4ccc5nc(C6CCCN6C(=O)[C@H](NC(=O)OC)c6ccccc6)[nH]c5c4)cc3s2)[nH]1)C(C)C. The molecule has 6 aromatic rings. The lowest BCUT2D eigenvalue weighted by molar-refractivity contribution is -0.135. The van der Waals surface area contributed by atoms with Gasteiger partial charge in [0, 0.05) is 28.1 Å². The van der Waals surface area contributed by atoms with Crippen molar-refractivity contribution >= 4 is 67.1 Å². The summed E-state index contributed by atoms with van der Waals surface area (Å²) in [5, 5.41) is 5.41. The zero-order valence-corrected chi connectivity index (χ0v) is 34.7. The number of carbonyl (C=O) groups is 4. The Morgan fingerprint density at radius 1 is 0.814 bits per heavy atom. The Morgan fingerprint density at radius 3 is 2.22 bits per heavy atom. The first kappa shape index (κ1) is 39.6. The highest BCUT2D eigenvalue weighted by Gasteiger charge is 2.39. The molecule has 2 aliphatic heterocycles. The Morgan fingerprint density at radius 2 is 1.51 bits per heavy atom. The molecule has 0 aliphatic carbocycles. The molecule has 0 spiro atoms. The molecule has 4 amide bonds. The van der Waals surface area contributed by atoms with Crippen LogP contribution in [-0.4, -0.2) is 87.1 Å². The number of benzene rings is 2. The Hall–Kier alpha value is -6.18. The Balaban J connectivity index is 0.949. The zero-order chi connectivity index (χ0) is 41.2. The maximum Gasteiger partial charge on any atom is 0.407 e. The third-order valence-electron chi connectivity index (χ3n) is 10.8. The minimum Gasteiger partial charge on any atom is -0.453 e. The molecule has 304 valence electrons. The molecule has 14 nitrogen and oxygen atoms in total. The number of ether oxygens (including phenoxy) is 2. The number of imidazole rings is 2. The second-order valence-corrected chi connectivity index (χ2v) is 17.1. The van der Waals surface area contributed by atoms with Crippen molar-refractivity contribution in [3.8, 4) is 22.4 Å². The van der Waals surface area contributed by atoms with Crippen LogP contribution in [0.15, 0.2) is 66.9 Å². The molecule has 2 unspecified atom stereocenters. The van der Waals surface area contributed by atoms with E-state index in [1.54, 1.807) is 27.6 Å². The smallest absolute Gasteiger partial charge is 0.407 e. The van der Waals surface area contributed by atoms with Crippen LogP contribution < -0.4 is 10.6 Å². The van der Waals surface area contributed by atoms with Gasteiger partial charge in [-0.1, -0.05) is 56.0 Å². The number of nitrogens with zero attached hydrogens (tertiary/aromatic N) is 4. The molecular formula is C43H44N8O6S2. The van der Waals surface area contributed by atoms with Crippen molar-refractivity contribution in [2.24, 2.45) is 5.92 Å². The summed E-state index contributed by atoms with van der Waals surface area (Å²) in [6, 6.07) is 17.2. The number of nitrogens with one attached hydrogen (secondary N) is 4. The fraction of sp³-hybridized carbons (Fsp3) is 0.349. The summed E-state index contributed by atoms with van der Waals surface area (Å²) in [6.07, 6.45) is 3.71. The molecular weight excluding hydrogens is 789 g/mol. The van der Waals surface area contributed by atoms with Gasteiger partial charge in [0.15, 0.2) is 0 Å². The lowest BCUT2D eigenvalue weighted by atomic mass is 10.0. The highest BCUT2D eigenvalue weighted by molar-refractivity contribution is 7.29. The average molecular weight is 833 g/mol. The average Bonchev–Trinajstić information content (AvgIpc) is 4.10. The molecule has 59 heavy (non-hydrogen) atoms. The molecule has 0 saturated carbocycles. The lowest BCUT2D eigenvalue weighted by Crippen LogP contribution is -2.51. The fourth-order valence-electron chi connectivity index (χ4n) is 7.84. The number of thiophene rings is 2. The highest BCUT2D eigenvalue weighted by atomic mass is 32.1. The van der Waals surface area contributed by atoms with Gasteiger partial charge in [-0.3, -0.25) is 9.59 Å². The minimum absolute atomic E-state index is 0.106. The zero-order valence-electron chi connectivity index (χ0n) is 33.0. The minimum atomic E-state index is -0.887. The molecule has 2 aromatic carbocycles. The summed E-state index contributed by atoms with van der Waals surface area (Å²) in [4.78, 5) is 73.7. The first-order chi connectivity index (χ1) is 28.6. The van der Waals surface area contributed by atoms with E-state index in [0.717, 1.165) is 73.0 Å². The largest absolute Gasteiger partial charge is 0.453 e. The van der Waals surface area contributed by atoms with Gasteiger partial charge in [-0.25, -0.2) is 19.6 Å². The van der Waals surface area contributed by atoms with E-state index in [9.17, 15) is 19.2 Å². The number of aromatic nitrogens is 4. The molecule has 0 radical (unpaired) electrons. The Bertz CT molecular complexity index is 2550. The van der Waals surface area contributed by atoms with E-state index in [2.05, 4.69) is 44.6 Å². The van der Waals surface area contributed by atoms with E-state index in [1.807, 2.05) is 73.5 Å². The summed E-state index contributed by atoms with van der Waals surface area (Å²) in [5.74, 6) is 7.61. The molecule has 2 aliphatic rings. The van der Waals surface area contributed by atoms with Gasteiger partial charge in [0.2, 0.25) is 5.91 Å². The van der Waals surface area contributed by atoms with Crippen LogP contribution in [0.2, 0.25) is 0 Å². The van der Waals surface area contributed by atoms with Crippen molar-refractivity contribution in [1.29, 1.82) is 0 Å². The third kappa shape index (κ3) is 8.26. The van der Waals surface area contributed by atoms with Gasteiger partial charge in [-0.2, -0.15) is 0 Å². The molecule has 0 bridgehead atoms. The number of fused-ring (bicyclic) bond motifs is 2. The molecule has 2 saturated heterocycles. The second kappa shape index (κ2) is 17.0. The Kier molecular flexibility index (Phi) is 11.4. The van der Waals surface area contributed by atoms with Gasteiger partial charge >= 0.3 is 12.2 Å². The van der Waals surface area contributed by atoms with Crippen LogP contribution in [-0.2, 0) is 19.1 Å². The van der Waals surface area contributed by atoms with Gasteiger partial charge < -0.3 is 39.9 Å². The van der Waals surface area contributed by atoms with E-state index in [-0.39, 0.29) is 29.8 Å². The van der Waals surface area contributed by atoms with Crippen LogP contribution in [0, 0.1) is 17.8 Å². The standard InChI is InChI=1S/C43H44N8O6S2/c1-24(2)36(48-42(54)56-3)40(52)50-18-8-12-31(50)38-44-23-30(47-38)33-22-35-34(59-33)21-27(58-35)16-14-25-15-17-28-29(20-25)46-39(45-28)32-13-9-19-51(32)41(53)37(49-43(55)57-4)26-10-6-5-7-11-26/h5-7,10-11,15,17,20-24,31-32,36-37H,8-9,12-13,18-19H2,1-4H3,(H,44,47)(H,45,46)(H,48,54)(H,49,55)/t31?,32?,36-,37+/m0/s1. The van der Waals surface area contributed by atoms with Crippen molar-refractivity contribution in [3.05, 3.63) is 94.5 Å². The first-order valence-corrected chi connectivity index (χ1v) is 21.2. The number of methoxy groups -OCH3 is 2. The van der Waals surface area contributed by atoms with Crippen LogP contribution in [0.3, 0.4) is 0 Å². The lowest BCUT2D eigenvalue weighted by Gasteiger charge is -2.30. The van der Waals surface area contributed by atoms with E-state index in [4.69, 9.17) is 19.4 Å². The molecule has 16 heteroatoms. The predicted molar refractivity (Wildman–Crippen MR) is 226 cm³/mol. The maximum atomic E-state index is 13.9. The van der Waals surface area contributed by atoms with Crippen LogP contribution >= 0.6 is 22.7 Å². The summed E-state index contributed by atoms with van der Waals surface area (Å²) >= 11 is 3.29. The van der Waals surface area contributed by atoms with E-state index in [0.29, 0.717) is 24.5 Å². The van der Waals surface area contributed by atoms with E-state index < -0.39 is 24.3 Å². The van der Waals surface area contributed by atoms with Crippen LogP contribution in [0.25, 0.3) is 31.0 Å². The first-order valence-electron chi connectivity index (χ1n) is 19.6. The van der Waals surface area contributed by atoms with Crippen molar-refractivity contribution in [3.63, 3.8) is 0 Å². The topological polar surface area (TPSA) is 175 Å². The molecule has 8 rings (SSSR count). The van der Waals surface area contributed by atoms with Gasteiger partial charge in [0.1, 0.15) is 23.7 Å². The number of carbonyl (C=O) groups excluding carboxylic acids is 4. The fourth-order valence-corrected chi connectivity index (χ4v) is 10.1. The van der Waals surface area contributed by atoms with E-state index >= 15 is 0 Å². The molecule has 4 atom stereocenters. The van der Waals surface area contributed by atoms with Crippen molar-refractivity contribution < 1.29 is 28.7 Å². The van der Waals surface area contributed by atoms with E-state index in [1.165, 1.54) is 14.2 Å². The number of alkyl carbamates (subject to hydrolysis) is 2. The number of hydrogen-bond donors (Lipinski definition) is 4. The molecule has 2 fully saturated rings. The van der Waals surface area contributed by atoms with Crippen molar-refractivity contribution in [2.45, 2.75) is 63.7 Å². The number of aromatic amines is 2. The quantitative estimate of drug-likeness (QED) is 0.109. The highest BCUT2D eigenvalue weighted by Crippen LogP contribution is 2.39.